The monoisotopic (exact) mass is 282 g/mol. The van der Waals surface area contributed by atoms with Crippen LogP contribution < -0.4 is 10.6 Å². The topological polar surface area (TPSA) is 41.1 Å². The maximum absolute atomic E-state index is 12.0. The predicted molar refractivity (Wildman–Crippen MR) is 80.6 cm³/mol. The van der Waals surface area contributed by atoms with E-state index in [4.69, 9.17) is 11.6 Å². The standard InChI is InChI=1S/C15H23ClN2O/c1-4-13(5-2)18-10-14(15(19)17-3)11-6-8-12(16)9-7-11/h6-9,13-14,18H,4-5,10H2,1-3H3,(H,17,19). The minimum absolute atomic E-state index is 0.0285. The molecule has 1 rings (SSSR count). The van der Waals surface area contributed by atoms with Crippen LogP contribution >= 0.6 is 11.6 Å². The maximum Gasteiger partial charge on any atom is 0.228 e. The molecule has 19 heavy (non-hydrogen) atoms. The van der Waals surface area contributed by atoms with Gasteiger partial charge < -0.3 is 10.6 Å². The first-order valence-electron chi connectivity index (χ1n) is 6.82. The third-order valence-corrected chi connectivity index (χ3v) is 3.68. The number of rotatable bonds is 7. The highest BCUT2D eigenvalue weighted by Gasteiger charge is 2.20. The first-order valence-corrected chi connectivity index (χ1v) is 7.20. The maximum atomic E-state index is 12.0. The van der Waals surface area contributed by atoms with Gasteiger partial charge in [0.15, 0.2) is 0 Å². The summed E-state index contributed by atoms with van der Waals surface area (Å²) in [6, 6.07) is 7.93. The number of benzene rings is 1. The van der Waals surface area contributed by atoms with E-state index in [2.05, 4.69) is 24.5 Å². The molecule has 1 unspecified atom stereocenters. The normalized spacial score (nSPS) is 12.5. The van der Waals surface area contributed by atoms with E-state index in [-0.39, 0.29) is 11.8 Å². The van der Waals surface area contributed by atoms with Gasteiger partial charge in [-0.3, -0.25) is 4.79 Å². The van der Waals surface area contributed by atoms with Crippen LogP contribution in [-0.2, 0) is 4.79 Å². The number of amides is 1. The highest BCUT2D eigenvalue weighted by molar-refractivity contribution is 6.30. The van der Waals surface area contributed by atoms with Crippen LogP contribution in [0.15, 0.2) is 24.3 Å². The van der Waals surface area contributed by atoms with Gasteiger partial charge in [0, 0.05) is 24.7 Å². The molecule has 0 aliphatic rings. The van der Waals surface area contributed by atoms with Crippen molar-refractivity contribution in [2.45, 2.75) is 38.6 Å². The van der Waals surface area contributed by atoms with Gasteiger partial charge in [-0.25, -0.2) is 0 Å². The van der Waals surface area contributed by atoms with Gasteiger partial charge in [-0.1, -0.05) is 37.6 Å². The molecule has 0 heterocycles. The molecular weight excluding hydrogens is 260 g/mol. The van der Waals surface area contributed by atoms with Crippen LogP contribution in [0.25, 0.3) is 0 Å². The minimum Gasteiger partial charge on any atom is -0.359 e. The summed E-state index contributed by atoms with van der Waals surface area (Å²) in [5.74, 6) is -0.149. The second-order valence-corrected chi connectivity index (χ2v) is 5.08. The molecule has 1 aromatic rings. The summed E-state index contributed by atoms with van der Waals surface area (Å²) >= 11 is 5.89. The molecule has 106 valence electrons. The van der Waals surface area contributed by atoms with E-state index in [1.54, 1.807) is 7.05 Å². The van der Waals surface area contributed by atoms with Crippen molar-refractivity contribution < 1.29 is 4.79 Å². The Kier molecular flexibility index (Phi) is 6.89. The van der Waals surface area contributed by atoms with E-state index in [9.17, 15) is 4.79 Å². The van der Waals surface area contributed by atoms with Gasteiger partial charge in [0.2, 0.25) is 5.91 Å². The molecule has 0 saturated heterocycles. The Balaban J connectivity index is 2.77. The summed E-state index contributed by atoms with van der Waals surface area (Å²) in [4.78, 5) is 12.0. The molecule has 0 radical (unpaired) electrons. The number of carbonyl (C=O) groups excluding carboxylic acids is 1. The molecule has 1 atom stereocenters. The number of halogens is 1. The van der Waals surface area contributed by atoms with Crippen LogP contribution in [0.3, 0.4) is 0 Å². The quantitative estimate of drug-likeness (QED) is 0.807. The zero-order valence-electron chi connectivity index (χ0n) is 11.9. The summed E-state index contributed by atoms with van der Waals surface area (Å²) in [5.41, 5.74) is 0.988. The molecule has 1 amide bonds. The Morgan fingerprint density at radius 3 is 2.26 bits per heavy atom. The van der Waals surface area contributed by atoms with Crippen LogP contribution in [0.5, 0.6) is 0 Å². The zero-order chi connectivity index (χ0) is 14.3. The molecule has 0 spiro atoms. The summed E-state index contributed by atoms with van der Waals surface area (Å²) in [5, 5.41) is 6.87. The second kappa shape index (κ2) is 8.18. The van der Waals surface area contributed by atoms with Gasteiger partial charge in [-0.2, -0.15) is 0 Å². The predicted octanol–water partition coefficient (Wildman–Crippen LogP) is 2.95. The number of hydrogen-bond donors (Lipinski definition) is 2. The Hall–Kier alpha value is -1.06. The Labute approximate surface area is 120 Å². The van der Waals surface area contributed by atoms with E-state index in [1.165, 1.54) is 0 Å². The summed E-state index contributed by atoms with van der Waals surface area (Å²) in [6.45, 7) is 4.95. The van der Waals surface area contributed by atoms with Crippen molar-refractivity contribution in [3.8, 4) is 0 Å². The highest BCUT2D eigenvalue weighted by atomic mass is 35.5. The van der Waals surface area contributed by atoms with Crippen LogP contribution in [-0.4, -0.2) is 25.5 Å². The minimum atomic E-state index is -0.178. The molecule has 1 aromatic carbocycles. The van der Waals surface area contributed by atoms with E-state index < -0.39 is 0 Å². The van der Waals surface area contributed by atoms with Crippen LogP contribution in [0, 0.1) is 0 Å². The third-order valence-electron chi connectivity index (χ3n) is 3.43. The summed E-state index contributed by atoms with van der Waals surface area (Å²) < 4.78 is 0. The first kappa shape index (κ1) is 16.0. The molecule has 2 N–H and O–H groups in total. The van der Waals surface area contributed by atoms with E-state index in [0.29, 0.717) is 17.6 Å². The smallest absolute Gasteiger partial charge is 0.228 e. The average molecular weight is 283 g/mol. The van der Waals surface area contributed by atoms with E-state index in [1.807, 2.05) is 24.3 Å². The molecule has 3 nitrogen and oxygen atoms in total. The molecule has 0 fully saturated rings. The summed E-state index contributed by atoms with van der Waals surface area (Å²) in [7, 11) is 1.67. The molecule has 0 aliphatic heterocycles. The third kappa shape index (κ3) is 4.84. The Morgan fingerprint density at radius 1 is 1.21 bits per heavy atom. The molecular formula is C15H23ClN2O. The largest absolute Gasteiger partial charge is 0.359 e. The summed E-state index contributed by atoms with van der Waals surface area (Å²) in [6.07, 6.45) is 2.13. The van der Waals surface area contributed by atoms with Gasteiger partial charge in [0.25, 0.3) is 0 Å². The highest BCUT2D eigenvalue weighted by Crippen LogP contribution is 2.18. The van der Waals surface area contributed by atoms with Crippen molar-refractivity contribution >= 4 is 17.5 Å². The SMILES string of the molecule is CCC(CC)NCC(C(=O)NC)c1ccc(Cl)cc1. The van der Waals surface area contributed by atoms with Gasteiger partial charge in [0.05, 0.1) is 5.92 Å². The van der Waals surface area contributed by atoms with Crippen molar-refractivity contribution in [2.75, 3.05) is 13.6 Å². The first-order chi connectivity index (χ1) is 9.12. The average Bonchev–Trinajstić information content (AvgIpc) is 2.44. The number of hydrogen-bond acceptors (Lipinski definition) is 2. The number of carbonyl (C=O) groups is 1. The fraction of sp³-hybridized carbons (Fsp3) is 0.533. The van der Waals surface area contributed by atoms with Gasteiger partial charge >= 0.3 is 0 Å². The van der Waals surface area contributed by atoms with Crippen molar-refractivity contribution in [3.05, 3.63) is 34.9 Å². The molecule has 0 aromatic heterocycles. The number of nitrogens with one attached hydrogen (secondary N) is 2. The fourth-order valence-corrected chi connectivity index (χ4v) is 2.22. The van der Waals surface area contributed by atoms with Crippen molar-refractivity contribution in [2.24, 2.45) is 0 Å². The van der Waals surface area contributed by atoms with Crippen LogP contribution in [0.1, 0.15) is 38.2 Å². The molecule has 0 aliphatic carbocycles. The van der Waals surface area contributed by atoms with Gasteiger partial charge in [0.1, 0.15) is 0 Å². The molecule has 0 saturated carbocycles. The molecule has 4 heteroatoms. The van der Waals surface area contributed by atoms with Crippen molar-refractivity contribution in [1.82, 2.24) is 10.6 Å². The Bertz CT molecular complexity index is 388. The Morgan fingerprint density at radius 2 is 1.79 bits per heavy atom. The van der Waals surface area contributed by atoms with Crippen molar-refractivity contribution in [3.63, 3.8) is 0 Å². The van der Waals surface area contributed by atoms with Gasteiger partial charge in [-0.15, -0.1) is 0 Å². The van der Waals surface area contributed by atoms with Gasteiger partial charge in [-0.05, 0) is 30.5 Å². The lowest BCUT2D eigenvalue weighted by Gasteiger charge is -2.21. The van der Waals surface area contributed by atoms with Crippen molar-refractivity contribution in [1.29, 1.82) is 0 Å². The van der Waals surface area contributed by atoms with Crippen LogP contribution in [0.2, 0.25) is 5.02 Å². The lowest BCUT2D eigenvalue weighted by molar-refractivity contribution is -0.122. The molecule has 0 bridgehead atoms. The zero-order valence-corrected chi connectivity index (χ0v) is 12.6. The second-order valence-electron chi connectivity index (χ2n) is 4.64. The fourth-order valence-electron chi connectivity index (χ4n) is 2.09. The lowest BCUT2D eigenvalue weighted by atomic mass is 9.97. The van der Waals surface area contributed by atoms with E-state index in [0.717, 1.165) is 18.4 Å². The number of likely N-dealkylation sites (N-methyl/N-ethyl adjacent to an activating group) is 1. The van der Waals surface area contributed by atoms with Crippen LogP contribution in [0.4, 0.5) is 0 Å². The van der Waals surface area contributed by atoms with E-state index >= 15 is 0 Å². The lowest BCUT2D eigenvalue weighted by Crippen LogP contribution is -2.37.